The first-order valence-electron chi connectivity index (χ1n) is 8.08. The van der Waals surface area contributed by atoms with Gasteiger partial charge < -0.3 is 15.0 Å². The Balaban J connectivity index is 2.64. The highest BCUT2D eigenvalue weighted by atomic mass is 16.5. The monoisotopic (exact) mass is 292 g/mol. The second-order valence-corrected chi connectivity index (χ2v) is 5.94. The van der Waals surface area contributed by atoms with Gasteiger partial charge in [0.1, 0.15) is 0 Å². The number of methoxy groups -OCH3 is 1. The molecule has 120 valence electrons. The first-order valence-corrected chi connectivity index (χ1v) is 8.08. The fourth-order valence-electron chi connectivity index (χ4n) is 2.59. The molecular weight excluding hydrogens is 260 g/mol. The van der Waals surface area contributed by atoms with Crippen LogP contribution in [0, 0.1) is 6.92 Å². The van der Waals surface area contributed by atoms with Crippen LogP contribution in [-0.2, 0) is 4.74 Å². The third kappa shape index (κ3) is 6.16. The molecule has 0 aliphatic rings. The predicted octanol–water partition coefficient (Wildman–Crippen LogP) is 3.39. The zero-order valence-electron chi connectivity index (χ0n) is 14.4. The van der Waals surface area contributed by atoms with Crippen molar-refractivity contribution in [3.05, 3.63) is 35.4 Å². The van der Waals surface area contributed by atoms with E-state index in [0.717, 1.165) is 32.5 Å². The average Bonchev–Trinajstić information content (AvgIpc) is 2.48. The molecule has 0 heterocycles. The summed E-state index contributed by atoms with van der Waals surface area (Å²) in [5.41, 5.74) is 2.80. The summed E-state index contributed by atoms with van der Waals surface area (Å²) in [6.45, 7) is 9.55. The Labute approximate surface area is 130 Å². The zero-order chi connectivity index (χ0) is 15.7. The largest absolute Gasteiger partial charge is 0.383 e. The standard InChI is InChI=1S/C18H32N2O/c1-6-12-19-18(17-10-8-7-9-15(17)2)11-13-20(4)16(3)14-21-5/h7-10,16,18-19H,6,11-14H2,1-5H3. The van der Waals surface area contributed by atoms with E-state index in [-0.39, 0.29) is 0 Å². The summed E-state index contributed by atoms with van der Waals surface area (Å²) < 4.78 is 5.24. The molecule has 0 saturated carbocycles. The Hall–Kier alpha value is -0.900. The second-order valence-electron chi connectivity index (χ2n) is 5.94. The summed E-state index contributed by atoms with van der Waals surface area (Å²) in [6.07, 6.45) is 2.29. The third-order valence-corrected chi connectivity index (χ3v) is 4.14. The molecule has 2 unspecified atom stereocenters. The Kier molecular flexibility index (Phi) is 8.58. The Morgan fingerprint density at radius 1 is 1.29 bits per heavy atom. The van der Waals surface area contributed by atoms with Gasteiger partial charge in [-0.2, -0.15) is 0 Å². The van der Waals surface area contributed by atoms with Crippen molar-refractivity contribution >= 4 is 0 Å². The average molecular weight is 292 g/mol. The lowest BCUT2D eigenvalue weighted by Crippen LogP contribution is -2.35. The van der Waals surface area contributed by atoms with Gasteiger partial charge in [0, 0.05) is 25.7 Å². The van der Waals surface area contributed by atoms with E-state index in [1.807, 2.05) is 0 Å². The molecule has 1 rings (SSSR count). The molecule has 0 bridgehead atoms. The number of rotatable bonds is 10. The number of hydrogen-bond acceptors (Lipinski definition) is 3. The maximum atomic E-state index is 5.24. The van der Waals surface area contributed by atoms with Crippen LogP contribution < -0.4 is 5.32 Å². The molecule has 1 aromatic carbocycles. The lowest BCUT2D eigenvalue weighted by atomic mass is 9.98. The molecule has 0 amide bonds. The van der Waals surface area contributed by atoms with E-state index < -0.39 is 0 Å². The molecule has 0 radical (unpaired) electrons. The molecule has 0 saturated heterocycles. The van der Waals surface area contributed by atoms with Gasteiger partial charge in [0.15, 0.2) is 0 Å². The smallest absolute Gasteiger partial charge is 0.0615 e. The fraction of sp³-hybridized carbons (Fsp3) is 0.667. The van der Waals surface area contributed by atoms with Crippen molar-refractivity contribution in [2.75, 3.05) is 33.9 Å². The molecule has 0 aromatic heterocycles. The summed E-state index contributed by atoms with van der Waals surface area (Å²) in [5.74, 6) is 0. The third-order valence-electron chi connectivity index (χ3n) is 4.14. The van der Waals surface area contributed by atoms with Crippen molar-refractivity contribution in [2.24, 2.45) is 0 Å². The lowest BCUT2D eigenvalue weighted by molar-refractivity contribution is 0.113. The molecular formula is C18H32N2O. The van der Waals surface area contributed by atoms with Gasteiger partial charge in [-0.3, -0.25) is 0 Å². The van der Waals surface area contributed by atoms with Crippen LogP contribution in [0.1, 0.15) is 43.9 Å². The van der Waals surface area contributed by atoms with Crippen LogP contribution in [0.25, 0.3) is 0 Å². The zero-order valence-corrected chi connectivity index (χ0v) is 14.4. The maximum absolute atomic E-state index is 5.24. The number of benzene rings is 1. The first-order chi connectivity index (χ1) is 10.1. The van der Waals surface area contributed by atoms with Gasteiger partial charge in [-0.1, -0.05) is 31.2 Å². The minimum atomic E-state index is 0.434. The van der Waals surface area contributed by atoms with E-state index in [2.05, 4.69) is 62.3 Å². The number of likely N-dealkylation sites (N-methyl/N-ethyl adjacent to an activating group) is 1. The van der Waals surface area contributed by atoms with E-state index in [9.17, 15) is 0 Å². The minimum absolute atomic E-state index is 0.434. The van der Waals surface area contributed by atoms with Gasteiger partial charge in [-0.15, -0.1) is 0 Å². The minimum Gasteiger partial charge on any atom is -0.383 e. The van der Waals surface area contributed by atoms with Gasteiger partial charge in [-0.05, 0) is 51.4 Å². The van der Waals surface area contributed by atoms with E-state index in [1.165, 1.54) is 11.1 Å². The second kappa shape index (κ2) is 9.93. The number of aryl methyl sites for hydroxylation is 1. The molecule has 0 aliphatic heterocycles. The molecule has 0 fully saturated rings. The lowest BCUT2D eigenvalue weighted by Gasteiger charge is -2.27. The fourth-order valence-corrected chi connectivity index (χ4v) is 2.59. The number of hydrogen-bond donors (Lipinski definition) is 1. The van der Waals surface area contributed by atoms with Crippen molar-refractivity contribution in [3.8, 4) is 0 Å². The summed E-state index contributed by atoms with van der Waals surface area (Å²) >= 11 is 0. The normalized spacial score (nSPS) is 14.4. The van der Waals surface area contributed by atoms with Crippen molar-refractivity contribution < 1.29 is 4.74 Å². The van der Waals surface area contributed by atoms with Crippen molar-refractivity contribution in [1.29, 1.82) is 0 Å². The summed E-state index contributed by atoms with van der Waals surface area (Å²) in [7, 11) is 3.95. The van der Waals surface area contributed by atoms with Crippen LogP contribution in [0.3, 0.4) is 0 Å². The molecule has 3 nitrogen and oxygen atoms in total. The summed E-state index contributed by atoms with van der Waals surface area (Å²) in [4.78, 5) is 2.38. The van der Waals surface area contributed by atoms with E-state index in [4.69, 9.17) is 4.74 Å². The summed E-state index contributed by atoms with van der Waals surface area (Å²) in [6, 6.07) is 9.60. The quantitative estimate of drug-likeness (QED) is 0.715. The van der Waals surface area contributed by atoms with Crippen LogP contribution in [0.4, 0.5) is 0 Å². The summed E-state index contributed by atoms with van der Waals surface area (Å²) in [5, 5.41) is 3.69. The van der Waals surface area contributed by atoms with Crippen LogP contribution in [0.5, 0.6) is 0 Å². The van der Waals surface area contributed by atoms with Crippen LogP contribution in [0.2, 0.25) is 0 Å². The van der Waals surface area contributed by atoms with E-state index in [0.29, 0.717) is 12.1 Å². The highest BCUT2D eigenvalue weighted by molar-refractivity contribution is 5.28. The molecule has 3 heteroatoms. The van der Waals surface area contributed by atoms with E-state index >= 15 is 0 Å². The molecule has 1 aromatic rings. The molecule has 2 atom stereocenters. The Bertz CT molecular complexity index is 395. The molecule has 0 spiro atoms. The SMILES string of the molecule is CCCNC(CCN(C)C(C)COC)c1ccccc1C. The number of nitrogens with zero attached hydrogens (tertiary/aromatic N) is 1. The number of nitrogens with one attached hydrogen (secondary N) is 1. The number of ether oxygens (including phenoxy) is 1. The van der Waals surface area contributed by atoms with Crippen LogP contribution in [-0.4, -0.2) is 44.8 Å². The highest BCUT2D eigenvalue weighted by Gasteiger charge is 2.15. The van der Waals surface area contributed by atoms with Crippen LogP contribution >= 0.6 is 0 Å². The van der Waals surface area contributed by atoms with Gasteiger partial charge in [0.25, 0.3) is 0 Å². The maximum Gasteiger partial charge on any atom is 0.0615 e. The van der Waals surface area contributed by atoms with Crippen LogP contribution in [0.15, 0.2) is 24.3 Å². The molecule has 0 aliphatic carbocycles. The Morgan fingerprint density at radius 3 is 2.62 bits per heavy atom. The molecule has 21 heavy (non-hydrogen) atoms. The predicted molar refractivity (Wildman–Crippen MR) is 90.8 cm³/mol. The highest BCUT2D eigenvalue weighted by Crippen LogP contribution is 2.21. The van der Waals surface area contributed by atoms with Gasteiger partial charge >= 0.3 is 0 Å². The van der Waals surface area contributed by atoms with Gasteiger partial charge in [0.05, 0.1) is 6.61 Å². The van der Waals surface area contributed by atoms with Crippen molar-refractivity contribution in [2.45, 2.75) is 45.7 Å². The molecule has 1 N–H and O–H groups in total. The first kappa shape index (κ1) is 18.1. The van der Waals surface area contributed by atoms with Crippen molar-refractivity contribution in [3.63, 3.8) is 0 Å². The van der Waals surface area contributed by atoms with Gasteiger partial charge in [0.2, 0.25) is 0 Å². The van der Waals surface area contributed by atoms with Crippen molar-refractivity contribution in [1.82, 2.24) is 10.2 Å². The van der Waals surface area contributed by atoms with E-state index in [1.54, 1.807) is 7.11 Å². The van der Waals surface area contributed by atoms with Gasteiger partial charge in [-0.25, -0.2) is 0 Å². The topological polar surface area (TPSA) is 24.5 Å². The Morgan fingerprint density at radius 2 is 2.00 bits per heavy atom.